The van der Waals surface area contributed by atoms with Crippen molar-refractivity contribution in [2.45, 2.75) is 44.6 Å². The molecule has 2 saturated heterocycles. The molecular formula is C29H40N8O3. The minimum absolute atomic E-state index is 0.0350. The molecule has 214 valence electrons. The maximum absolute atomic E-state index is 13.2. The second-order valence-corrected chi connectivity index (χ2v) is 11.2. The van der Waals surface area contributed by atoms with Crippen LogP contribution in [0.3, 0.4) is 0 Å². The number of urea groups is 1. The third-order valence-corrected chi connectivity index (χ3v) is 7.40. The van der Waals surface area contributed by atoms with Gasteiger partial charge in [-0.2, -0.15) is 0 Å². The first-order valence-electron chi connectivity index (χ1n) is 13.4. The number of benzene rings is 2. The summed E-state index contributed by atoms with van der Waals surface area (Å²) in [7, 11) is 3.98. The number of rotatable bonds is 9. The van der Waals surface area contributed by atoms with Crippen LogP contribution in [0.5, 0.6) is 0 Å². The molecule has 0 radical (unpaired) electrons. The second kappa shape index (κ2) is 12.1. The summed E-state index contributed by atoms with van der Waals surface area (Å²) in [4.78, 5) is 41.4. The molecule has 2 aromatic carbocycles. The number of nitrogens with one attached hydrogen (secondary N) is 6. The van der Waals surface area contributed by atoms with E-state index in [1.807, 2.05) is 50.2 Å². The first kappa shape index (κ1) is 29.1. The summed E-state index contributed by atoms with van der Waals surface area (Å²) < 4.78 is 0. The Balaban J connectivity index is 1.37. The maximum atomic E-state index is 13.2. The zero-order chi connectivity index (χ0) is 29.0. The van der Waals surface area contributed by atoms with Gasteiger partial charge in [0.05, 0.1) is 17.7 Å². The van der Waals surface area contributed by atoms with Crippen molar-refractivity contribution in [1.82, 2.24) is 26.0 Å². The van der Waals surface area contributed by atoms with Crippen LogP contribution in [0.4, 0.5) is 21.9 Å². The highest BCUT2D eigenvalue weighted by molar-refractivity contribution is 6.05. The smallest absolute Gasteiger partial charge is 0.318 e. The number of amides is 4. The van der Waals surface area contributed by atoms with Crippen molar-refractivity contribution in [1.29, 1.82) is 0 Å². The summed E-state index contributed by atoms with van der Waals surface area (Å²) in [5, 5.41) is 12.2. The highest BCUT2D eigenvalue weighted by atomic mass is 16.2. The average molecular weight is 549 g/mol. The lowest BCUT2D eigenvalue weighted by Crippen LogP contribution is -2.58. The fraction of sp³-hybridized carbons (Fsp3) is 0.414. The molecule has 4 rings (SSSR count). The minimum atomic E-state index is -0.393. The predicted octanol–water partition coefficient (Wildman–Crippen LogP) is 2.65. The van der Waals surface area contributed by atoms with E-state index < -0.39 is 5.54 Å². The molecule has 4 unspecified atom stereocenters. The van der Waals surface area contributed by atoms with Gasteiger partial charge in [0.1, 0.15) is 0 Å². The summed E-state index contributed by atoms with van der Waals surface area (Å²) in [5.74, 6) is -0.447. The molecule has 2 aromatic rings. The number of anilines is 3. The summed E-state index contributed by atoms with van der Waals surface area (Å²) in [6.45, 7) is 11.0. The fourth-order valence-corrected chi connectivity index (χ4v) is 5.45. The van der Waals surface area contributed by atoms with E-state index in [4.69, 9.17) is 0 Å². The maximum Gasteiger partial charge on any atom is 0.318 e. The number of likely N-dealkylation sites (tertiary alicyclic amines) is 1. The standard InChI is InChI=1S/C29H40N8O3/c1-7-24(38)31-20-13-11-19(12-14-20)27(39)33-22-10-8-9-21(15-22)32-26-23-17-37(29(3,4)25(23)34-35-26)28(40)30-18(2)16-36(5)6/h7-15,18,23,25-26,32,34-35H,1,16-17H2,2-6H3,(H,30,40)(H,31,38)(H,33,39). The number of nitrogens with zero attached hydrogens (tertiary/aromatic N) is 2. The lowest BCUT2D eigenvalue weighted by atomic mass is 9.90. The second-order valence-electron chi connectivity index (χ2n) is 11.2. The topological polar surface area (TPSA) is 130 Å². The minimum Gasteiger partial charge on any atom is -0.368 e. The number of carbonyl (C=O) groups is 3. The molecule has 0 aliphatic carbocycles. The van der Waals surface area contributed by atoms with Crippen molar-refractivity contribution in [3.05, 3.63) is 66.7 Å². The van der Waals surface area contributed by atoms with Gasteiger partial charge < -0.3 is 31.1 Å². The van der Waals surface area contributed by atoms with Crippen molar-refractivity contribution in [3.8, 4) is 0 Å². The molecule has 0 aromatic heterocycles. The molecule has 11 nitrogen and oxygen atoms in total. The molecule has 4 atom stereocenters. The molecule has 2 fully saturated rings. The Kier molecular flexibility index (Phi) is 8.77. The number of hydrazine groups is 1. The predicted molar refractivity (Wildman–Crippen MR) is 158 cm³/mol. The molecule has 0 saturated carbocycles. The normalized spacial score (nSPS) is 21.9. The van der Waals surface area contributed by atoms with Crippen LogP contribution in [-0.4, -0.2) is 78.6 Å². The Hall–Kier alpha value is -3.93. The first-order chi connectivity index (χ1) is 19.0. The van der Waals surface area contributed by atoms with Crippen molar-refractivity contribution < 1.29 is 14.4 Å². The average Bonchev–Trinajstić information content (AvgIpc) is 3.41. The van der Waals surface area contributed by atoms with E-state index in [2.05, 4.69) is 57.4 Å². The summed E-state index contributed by atoms with van der Waals surface area (Å²) in [6.07, 6.45) is 1.07. The number of carbonyl (C=O) groups excluding carboxylic acids is 3. The lowest BCUT2D eigenvalue weighted by Gasteiger charge is -2.36. The Labute approximate surface area is 235 Å². The molecular weight excluding hydrogens is 508 g/mol. The van der Waals surface area contributed by atoms with E-state index in [0.29, 0.717) is 23.5 Å². The third kappa shape index (κ3) is 6.61. The van der Waals surface area contributed by atoms with Crippen molar-refractivity contribution in [2.24, 2.45) is 5.92 Å². The van der Waals surface area contributed by atoms with Gasteiger partial charge in [0.15, 0.2) is 0 Å². The van der Waals surface area contributed by atoms with Crippen LogP contribution in [0.15, 0.2) is 61.2 Å². The summed E-state index contributed by atoms with van der Waals surface area (Å²) >= 11 is 0. The molecule has 2 aliphatic rings. The monoisotopic (exact) mass is 548 g/mol. The van der Waals surface area contributed by atoms with Crippen LogP contribution in [0.2, 0.25) is 0 Å². The SMILES string of the molecule is C=CC(=O)Nc1ccc(C(=O)Nc2cccc(NC3NNC4C3CN(C(=O)NC(C)CN(C)C)C4(C)C)c2)cc1. The Morgan fingerprint density at radius 2 is 1.77 bits per heavy atom. The molecule has 0 bridgehead atoms. The van der Waals surface area contributed by atoms with Crippen molar-refractivity contribution in [3.63, 3.8) is 0 Å². The number of hydrogen-bond acceptors (Lipinski definition) is 7. The molecule has 0 spiro atoms. The van der Waals surface area contributed by atoms with Crippen LogP contribution < -0.4 is 32.1 Å². The lowest BCUT2D eigenvalue weighted by molar-refractivity contribution is -0.111. The van der Waals surface area contributed by atoms with Gasteiger partial charge in [0.25, 0.3) is 5.91 Å². The van der Waals surface area contributed by atoms with Gasteiger partial charge in [-0.05, 0) is 83.4 Å². The Morgan fingerprint density at radius 3 is 2.45 bits per heavy atom. The van der Waals surface area contributed by atoms with Gasteiger partial charge in [-0.3, -0.25) is 15.0 Å². The van der Waals surface area contributed by atoms with E-state index in [1.165, 1.54) is 6.08 Å². The van der Waals surface area contributed by atoms with E-state index >= 15 is 0 Å². The van der Waals surface area contributed by atoms with Gasteiger partial charge in [0, 0.05) is 47.7 Å². The first-order valence-corrected chi connectivity index (χ1v) is 13.4. The highest BCUT2D eigenvalue weighted by Gasteiger charge is 2.55. The van der Waals surface area contributed by atoms with Gasteiger partial charge in [-0.15, -0.1) is 0 Å². The van der Waals surface area contributed by atoms with E-state index in [-0.39, 0.29) is 42.0 Å². The van der Waals surface area contributed by atoms with E-state index in [0.717, 1.165) is 12.2 Å². The summed E-state index contributed by atoms with van der Waals surface area (Å²) in [6, 6.07) is 14.2. The third-order valence-electron chi connectivity index (χ3n) is 7.40. The van der Waals surface area contributed by atoms with Crippen LogP contribution >= 0.6 is 0 Å². The van der Waals surface area contributed by atoms with Gasteiger partial charge in [0.2, 0.25) is 5.91 Å². The summed E-state index contributed by atoms with van der Waals surface area (Å²) in [5.41, 5.74) is 8.87. The largest absolute Gasteiger partial charge is 0.368 e. The molecule has 6 N–H and O–H groups in total. The number of fused-ring (bicyclic) bond motifs is 1. The molecule has 2 heterocycles. The van der Waals surface area contributed by atoms with Crippen LogP contribution in [0.25, 0.3) is 0 Å². The Morgan fingerprint density at radius 1 is 1.07 bits per heavy atom. The number of likely N-dealkylation sites (N-methyl/N-ethyl adjacent to an activating group) is 1. The quantitative estimate of drug-likeness (QED) is 0.266. The zero-order valence-electron chi connectivity index (χ0n) is 23.7. The zero-order valence-corrected chi connectivity index (χ0v) is 23.7. The molecule has 11 heteroatoms. The van der Waals surface area contributed by atoms with Gasteiger partial charge in [-0.25, -0.2) is 10.2 Å². The molecule has 2 aliphatic heterocycles. The Bertz CT molecular complexity index is 1250. The van der Waals surface area contributed by atoms with E-state index in [1.54, 1.807) is 24.3 Å². The van der Waals surface area contributed by atoms with E-state index in [9.17, 15) is 14.4 Å². The van der Waals surface area contributed by atoms with Crippen LogP contribution in [0, 0.1) is 5.92 Å². The van der Waals surface area contributed by atoms with Gasteiger partial charge >= 0.3 is 6.03 Å². The molecule has 40 heavy (non-hydrogen) atoms. The fourth-order valence-electron chi connectivity index (χ4n) is 5.45. The van der Waals surface area contributed by atoms with Crippen molar-refractivity contribution in [2.75, 3.05) is 43.1 Å². The van der Waals surface area contributed by atoms with Gasteiger partial charge in [-0.1, -0.05) is 12.6 Å². The molecule has 4 amide bonds. The highest BCUT2D eigenvalue weighted by Crippen LogP contribution is 2.37. The van der Waals surface area contributed by atoms with Crippen LogP contribution in [-0.2, 0) is 4.79 Å². The number of hydrogen-bond donors (Lipinski definition) is 6. The van der Waals surface area contributed by atoms with Crippen LogP contribution in [0.1, 0.15) is 31.1 Å². The van der Waals surface area contributed by atoms with Crippen molar-refractivity contribution >= 4 is 34.9 Å².